The minimum absolute atomic E-state index is 0.00375. The van der Waals surface area contributed by atoms with Crippen LogP contribution in [0, 0.1) is 6.92 Å². The number of para-hydroxylation sites is 1. The van der Waals surface area contributed by atoms with Crippen LogP contribution >= 0.6 is 0 Å². The lowest BCUT2D eigenvalue weighted by molar-refractivity contribution is -0.143. The Morgan fingerprint density at radius 1 is 1.12 bits per heavy atom. The monoisotopic (exact) mass is 350 g/mol. The van der Waals surface area contributed by atoms with E-state index in [0.717, 1.165) is 22.2 Å². The third-order valence-corrected chi connectivity index (χ3v) is 4.52. The van der Waals surface area contributed by atoms with Crippen molar-refractivity contribution in [2.24, 2.45) is 0 Å². The predicted octanol–water partition coefficient (Wildman–Crippen LogP) is 3.83. The molecule has 0 N–H and O–H groups in total. The number of hydrogen-bond acceptors (Lipinski definition) is 4. The van der Waals surface area contributed by atoms with Gasteiger partial charge in [0.2, 0.25) is 0 Å². The van der Waals surface area contributed by atoms with E-state index in [-0.39, 0.29) is 12.5 Å². The highest BCUT2D eigenvalue weighted by atomic mass is 16.7. The van der Waals surface area contributed by atoms with E-state index in [4.69, 9.17) is 9.57 Å². The standard InChI is InChI=1S/C20H18N2O4/c1-13-8-9-16-14(10-13)11-17-18(22(25-2)20(24)21(16)17)12-19(23)26-15-6-4-3-5-7-15/h3-11,18H,12H2,1-2H3. The van der Waals surface area contributed by atoms with E-state index < -0.39 is 12.0 Å². The van der Waals surface area contributed by atoms with Gasteiger partial charge in [0, 0.05) is 5.39 Å². The minimum Gasteiger partial charge on any atom is -0.426 e. The summed E-state index contributed by atoms with van der Waals surface area (Å²) in [5.74, 6) is 0.0490. The summed E-state index contributed by atoms with van der Waals surface area (Å²) in [6, 6.07) is 15.8. The second-order valence-electron chi connectivity index (χ2n) is 6.26. The van der Waals surface area contributed by atoms with Crippen LogP contribution in [-0.4, -0.2) is 28.7 Å². The van der Waals surface area contributed by atoms with Gasteiger partial charge in [-0.25, -0.2) is 4.79 Å². The number of benzene rings is 2. The van der Waals surface area contributed by atoms with Gasteiger partial charge in [0.15, 0.2) is 0 Å². The first-order valence-electron chi connectivity index (χ1n) is 8.34. The van der Waals surface area contributed by atoms with Crippen molar-refractivity contribution in [2.75, 3.05) is 7.11 Å². The maximum Gasteiger partial charge on any atom is 0.353 e. The fraction of sp³-hybridized carbons (Fsp3) is 0.200. The van der Waals surface area contributed by atoms with Crippen molar-refractivity contribution in [3.63, 3.8) is 0 Å². The third-order valence-electron chi connectivity index (χ3n) is 4.52. The molecule has 0 saturated heterocycles. The van der Waals surface area contributed by atoms with Crippen molar-refractivity contribution >= 4 is 22.9 Å². The average molecular weight is 350 g/mol. The first-order chi connectivity index (χ1) is 12.6. The number of nitrogens with zero attached hydrogens (tertiary/aromatic N) is 2. The lowest BCUT2D eigenvalue weighted by Gasteiger charge is -2.20. The molecule has 1 unspecified atom stereocenters. The summed E-state index contributed by atoms with van der Waals surface area (Å²) in [6.07, 6.45) is 0.00375. The topological polar surface area (TPSA) is 60.8 Å². The molecule has 2 heterocycles. The molecule has 1 atom stereocenters. The molecule has 0 spiro atoms. The molecular weight excluding hydrogens is 332 g/mol. The van der Waals surface area contributed by atoms with E-state index in [9.17, 15) is 9.59 Å². The van der Waals surface area contributed by atoms with Crippen LogP contribution in [0.25, 0.3) is 10.9 Å². The summed E-state index contributed by atoms with van der Waals surface area (Å²) in [5.41, 5.74) is 2.64. The highest BCUT2D eigenvalue weighted by molar-refractivity contribution is 5.95. The highest BCUT2D eigenvalue weighted by Gasteiger charge is 2.40. The maximum atomic E-state index is 12.7. The number of aromatic nitrogens is 1. The van der Waals surface area contributed by atoms with Crippen LogP contribution in [0.4, 0.5) is 4.79 Å². The van der Waals surface area contributed by atoms with E-state index in [1.807, 2.05) is 37.3 Å². The lowest BCUT2D eigenvalue weighted by atomic mass is 10.1. The van der Waals surface area contributed by atoms with Crippen molar-refractivity contribution in [1.82, 2.24) is 9.63 Å². The zero-order chi connectivity index (χ0) is 18.3. The van der Waals surface area contributed by atoms with E-state index in [1.165, 1.54) is 12.2 Å². The van der Waals surface area contributed by atoms with Crippen LogP contribution < -0.4 is 4.74 Å². The first-order valence-corrected chi connectivity index (χ1v) is 8.34. The molecule has 1 amide bonds. The van der Waals surface area contributed by atoms with Gasteiger partial charge in [-0.1, -0.05) is 29.8 Å². The molecular formula is C20H18N2O4. The van der Waals surface area contributed by atoms with Gasteiger partial charge in [0.05, 0.1) is 24.7 Å². The van der Waals surface area contributed by atoms with Crippen molar-refractivity contribution in [1.29, 1.82) is 0 Å². The molecule has 0 bridgehead atoms. The number of hydroxylamine groups is 2. The molecule has 6 nitrogen and oxygen atoms in total. The van der Waals surface area contributed by atoms with Gasteiger partial charge < -0.3 is 4.74 Å². The Morgan fingerprint density at radius 2 is 1.88 bits per heavy atom. The van der Waals surface area contributed by atoms with Crippen LogP contribution in [0.5, 0.6) is 5.75 Å². The largest absolute Gasteiger partial charge is 0.426 e. The van der Waals surface area contributed by atoms with Crippen LogP contribution in [0.3, 0.4) is 0 Å². The van der Waals surface area contributed by atoms with E-state index in [2.05, 4.69) is 0 Å². The Hall–Kier alpha value is -3.12. The number of esters is 1. The quantitative estimate of drug-likeness (QED) is 0.530. The molecule has 0 saturated carbocycles. The van der Waals surface area contributed by atoms with Gasteiger partial charge in [-0.05, 0) is 37.3 Å². The van der Waals surface area contributed by atoms with Crippen LogP contribution in [0.1, 0.15) is 23.7 Å². The molecule has 1 aliphatic rings. The Labute approximate surface area is 150 Å². The molecule has 1 aromatic heterocycles. The first kappa shape index (κ1) is 16.4. The number of rotatable bonds is 4. The third kappa shape index (κ3) is 2.64. The van der Waals surface area contributed by atoms with Crippen molar-refractivity contribution in [3.05, 3.63) is 65.9 Å². The number of aryl methyl sites for hydroxylation is 1. The van der Waals surface area contributed by atoms with E-state index >= 15 is 0 Å². The minimum atomic E-state index is -0.531. The number of carbonyl (C=O) groups is 2. The molecule has 0 radical (unpaired) electrons. The SMILES string of the molecule is CON1C(=O)n2c(cc3cc(C)ccc32)C1CC(=O)Oc1ccccc1. The second kappa shape index (κ2) is 6.31. The van der Waals surface area contributed by atoms with Crippen LogP contribution in [0.2, 0.25) is 0 Å². The van der Waals surface area contributed by atoms with Crippen molar-refractivity contribution in [2.45, 2.75) is 19.4 Å². The second-order valence-corrected chi connectivity index (χ2v) is 6.26. The number of amides is 1. The molecule has 0 fully saturated rings. The average Bonchev–Trinajstić information content (AvgIpc) is 3.11. The zero-order valence-corrected chi connectivity index (χ0v) is 14.5. The number of fused-ring (bicyclic) bond motifs is 3. The molecule has 3 aromatic rings. The van der Waals surface area contributed by atoms with Crippen molar-refractivity contribution < 1.29 is 19.2 Å². The van der Waals surface area contributed by atoms with Gasteiger partial charge in [0.25, 0.3) is 0 Å². The van der Waals surface area contributed by atoms with Gasteiger partial charge in [-0.3, -0.25) is 14.2 Å². The summed E-state index contributed by atoms with van der Waals surface area (Å²) in [4.78, 5) is 30.4. The smallest absolute Gasteiger partial charge is 0.353 e. The normalized spacial score (nSPS) is 16.2. The van der Waals surface area contributed by atoms with E-state index in [1.54, 1.807) is 28.8 Å². The van der Waals surface area contributed by atoms with Crippen molar-refractivity contribution in [3.8, 4) is 5.75 Å². The lowest BCUT2D eigenvalue weighted by Crippen LogP contribution is -2.30. The molecule has 26 heavy (non-hydrogen) atoms. The molecule has 1 aliphatic heterocycles. The maximum absolute atomic E-state index is 12.7. The number of hydrogen-bond donors (Lipinski definition) is 0. The summed E-state index contributed by atoms with van der Waals surface area (Å²) < 4.78 is 6.97. The Morgan fingerprint density at radius 3 is 2.62 bits per heavy atom. The molecule has 0 aliphatic carbocycles. The summed E-state index contributed by atoms with van der Waals surface area (Å²) >= 11 is 0. The van der Waals surface area contributed by atoms with E-state index in [0.29, 0.717) is 5.75 Å². The Balaban J connectivity index is 1.66. The molecule has 6 heteroatoms. The van der Waals surface area contributed by atoms with Crippen LogP contribution in [0.15, 0.2) is 54.6 Å². The van der Waals surface area contributed by atoms with Gasteiger partial charge >= 0.3 is 12.0 Å². The summed E-state index contributed by atoms with van der Waals surface area (Å²) in [5, 5.41) is 2.19. The number of ether oxygens (including phenoxy) is 1. The fourth-order valence-corrected chi connectivity index (χ4v) is 3.38. The Bertz CT molecular complexity index is 994. The predicted molar refractivity (Wildman–Crippen MR) is 95.8 cm³/mol. The zero-order valence-electron chi connectivity index (χ0n) is 14.5. The fourth-order valence-electron chi connectivity index (χ4n) is 3.38. The molecule has 132 valence electrons. The Kier molecular flexibility index (Phi) is 3.97. The van der Waals surface area contributed by atoms with Gasteiger partial charge in [0.1, 0.15) is 11.8 Å². The highest BCUT2D eigenvalue weighted by Crippen LogP contribution is 2.37. The number of carbonyl (C=O) groups excluding carboxylic acids is 2. The summed E-state index contributed by atoms with van der Waals surface area (Å²) in [7, 11) is 1.42. The molecule has 2 aromatic carbocycles. The van der Waals surface area contributed by atoms with Gasteiger partial charge in [-0.15, -0.1) is 0 Å². The van der Waals surface area contributed by atoms with Crippen LogP contribution in [-0.2, 0) is 9.63 Å². The summed E-state index contributed by atoms with van der Waals surface area (Å²) in [6.45, 7) is 2.00. The van der Waals surface area contributed by atoms with Gasteiger partial charge in [-0.2, -0.15) is 5.06 Å². The molecule has 4 rings (SSSR count).